The Morgan fingerprint density at radius 1 is 1.04 bits per heavy atom. The van der Waals surface area contributed by atoms with Gasteiger partial charge >= 0.3 is 11.9 Å². The summed E-state index contributed by atoms with van der Waals surface area (Å²) in [5, 5.41) is -0.974. The molecule has 0 aromatic heterocycles. The van der Waals surface area contributed by atoms with Gasteiger partial charge in [-0.1, -0.05) is 23.8 Å². The zero-order chi connectivity index (χ0) is 18.8. The molecule has 1 aromatic carbocycles. The first kappa shape index (κ1) is 19.2. The average Bonchev–Trinajstić information content (AvgIpc) is 3.03. The van der Waals surface area contributed by atoms with Gasteiger partial charge in [0.15, 0.2) is 15.3 Å². The number of sulfone groups is 1. The smallest absolute Gasteiger partial charge is 0.327 e. The largest absolute Gasteiger partial charge is 0.468 e. The SMILES string of the molecule is COC(=O)C1(C(=O)OC)CCC(S(=O)(=O)c2ccccc2)C1=C(C)C. The van der Waals surface area contributed by atoms with Crippen LogP contribution in [0.15, 0.2) is 46.4 Å². The van der Waals surface area contributed by atoms with Crippen molar-refractivity contribution in [3.8, 4) is 0 Å². The summed E-state index contributed by atoms with van der Waals surface area (Å²) in [4.78, 5) is 25.2. The molecule has 0 heterocycles. The van der Waals surface area contributed by atoms with E-state index >= 15 is 0 Å². The highest BCUT2D eigenvalue weighted by Crippen LogP contribution is 2.50. The number of esters is 2. The van der Waals surface area contributed by atoms with Gasteiger partial charge in [0.2, 0.25) is 0 Å². The maximum absolute atomic E-state index is 13.1. The quantitative estimate of drug-likeness (QED) is 0.462. The number of ether oxygens (including phenoxy) is 2. The Morgan fingerprint density at radius 3 is 2.00 bits per heavy atom. The van der Waals surface area contributed by atoms with Gasteiger partial charge in [-0.3, -0.25) is 9.59 Å². The highest BCUT2D eigenvalue weighted by Gasteiger charge is 2.60. The molecule has 0 bridgehead atoms. The van der Waals surface area contributed by atoms with Crippen LogP contribution < -0.4 is 0 Å². The number of methoxy groups -OCH3 is 2. The van der Waals surface area contributed by atoms with Crippen LogP contribution in [0.25, 0.3) is 0 Å². The van der Waals surface area contributed by atoms with E-state index < -0.39 is 32.4 Å². The predicted octanol–water partition coefficient (Wildman–Crippen LogP) is 2.29. The number of carbonyl (C=O) groups is 2. The van der Waals surface area contributed by atoms with E-state index in [4.69, 9.17) is 9.47 Å². The van der Waals surface area contributed by atoms with E-state index in [-0.39, 0.29) is 23.3 Å². The molecule has 1 saturated carbocycles. The van der Waals surface area contributed by atoms with E-state index in [9.17, 15) is 18.0 Å². The first-order valence-electron chi connectivity index (χ1n) is 7.87. The van der Waals surface area contributed by atoms with Crippen molar-refractivity contribution in [3.05, 3.63) is 41.5 Å². The Morgan fingerprint density at radius 2 is 1.56 bits per heavy atom. The number of hydrogen-bond acceptors (Lipinski definition) is 6. The van der Waals surface area contributed by atoms with Crippen LogP contribution >= 0.6 is 0 Å². The predicted molar refractivity (Wildman–Crippen MR) is 91.5 cm³/mol. The third kappa shape index (κ3) is 2.97. The molecule has 2 rings (SSSR count). The fourth-order valence-corrected chi connectivity index (χ4v) is 5.63. The topological polar surface area (TPSA) is 86.7 Å². The van der Waals surface area contributed by atoms with Gasteiger partial charge in [0.1, 0.15) is 0 Å². The van der Waals surface area contributed by atoms with Crippen molar-refractivity contribution >= 4 is 21.8 Å². The van der Waals surface area contributed by atoms with E-state index in [0.29, 0.717) is 5.57 Å². The van der Waals surface area contributed by atoms with Crippen LogP contribution in [0, 0.1) is 5.41 Å². The van der Waals surface area contributed by atoms with Gasteiger partial charge in [0.05, 0.1) is 24.4 Å². The number of rotatable bonds is 4. The fraction of sp³-hybridized carbons (Fsp3) is 0.444. The molecule has 1 aliphatic rings. The highest BCUT2D eigenvalue weighted by atomic mass is 32.2. The third-order valence-corrected chi connectivity index (χ3v) is 6.77. The number of allylic oxidation sites excluding steroid dienone is 1. The van der Waals surface area contributed by atoms with E-state index in [2.05, 4.69) is 0 Å². The molecular formula is C18H22O6S. The van der Waals surface area contributed by atoms with Crippen molar-refractivity contribution in [1.82, 2.24) is 0 Å². The lowest BCUT2D eigenvalue weighted by Gasteiger charge is -2.28. The van der Waals surface area contributed by atoms with E-state index in [0.717, 1.165) is 0 Å². The van der Waals surface area contributed by atoms with Crippen LogP contribution in [-0.4, -0.2) is 39.8 Å². The minimum atomic E-state index is -3.76. The maximum Gasteiger partial charge on any atom is 0.327 e. The molecule has 0 amide bonds. The first-order valence-corrected chi connectivity index (χ1v) is 9.41. The van der Waals surface area contributed by atoms with Crippen LogP contribution in [-0.2, 0) is 28.9 Å². The molecule has 1 unspecified atom stereocenters. The van der Waals surface area contributed by atoms with Crippen molar-refractivity contribution in [2.75, 3.05) is 14.2 Å². The number of hydrogen-bond donors (Lipinski definition) is 0. The lowest BCUT2D eigenvalue weighted by Crippen LogP contribution is -2.42. The summed E-state index contributed by atoms with van der Waals surface area (Å²) in [5.74, 6) is -1.58. The minimum Gasteiger partial charge on any atom is -0.468 e. The molecule has 25 heavy (non-hydrogen) atoms. The molecule has 0 spiro atoms. The molecular weight excluding hydrogens is 344 g/mol. The van der Waals surface area contributed by atoms with Gasteiger partial charge in [-0.05, 0) is 44.4 Å². The standard InChI is InChI=1S/C18H22O6S/c1-12(2)15-14(25(21,22)13-8-6-5-7-9-13)10-11-18(15,16(19)23-3)17(20)24-4/h5-9,14H,10-11H2,1-4H3. The van der Waals surface area contributed by atoms with Gasteiger partial charge in [0.25, 0.3) is 0 Å². The molecule has 6 nitrogen and oxygen atoms in total. The van der Waals surface area contributed by atoms with Crippen molar-refractivity contribution in [3.63, 3.8) is 0 Å². The summed E-state index contributed by atoms with van der Waals surface area (Å²) in [5.41, 5.74) is -0.859. The van der Waals surface area contributed by atoms with Crippen LogP contribution in [0.5, 0.6) is 0 Å². The summed E-state index contributed by atoms with van der Waals surface area (Å²) in [7, 11) is -1.41. The van der Waals surface area contributed by atoms with Crippen molar-refractivity contribution in [1.29, 1.82) is 0 Å². The van der Waals surface area contributed by atoms with Gasteiger partial charge < -0.3 is 9.47 Å². The molecule has 136 valence electrons. The summed E-state index contributed by atoms with van der Waals surface area (Å²) >= 11 is 0. The second kappa shape index (κ2) is 7.00. The van der Waals surface area contributed by atoms with Gasteiger partial charge in [-0.25, -0.2) is 8.42 Å². The minimum absolute atomic E-state index is 0.0313. The normalized spacial score (nSPS) is 19.4. The first-order chi connectivity index (χ1) is 11.7. The second-order valence-corrected chi connectivity index (χ2v) is 8.32. The van der Waals surface area contributed by atoms with Crippen LogP contribution in [0.4, 0.5) is 0 Å². The lowest BCUT2D eigenvalue weighted by atomic mass is 9.80. The summed E-state index contributed by atoms with van der Waals surface area (Å²) in [6.45, 7) is 3.38. The Kier molecular flexibility index (Phi) is 5.37. The molecule has 0 radical (unpaired) electrons. The van der Waals surface area contributed by atoms with Crippen LogP contribution in [0.1, 0.15) is 26.7 Å². The molecule has 1 aliphatic carbocycles. The summed E-state index contributed by atoms with van der Waals surface area (Å²) in [6.07, 6.45) is 0.172. The Labute approximate surface area is 147 Å². The molecule has 1 atom stereocenters. The van der Waals surface area contributed by atoms with Gasteiger partial charge in [-0.2, -0.15) is 0 Å². The Balaban J connectivity index is 2.67. The Bertz CT molecular complexity index is 787. The third-order valence-electron chi connectivity index (χ3n) is 4.62. The number of benzene rings is 1. The van der Waals surface area contributed by atoms with Crippen molar-refractivity contribution in [2.24, 2.45) is 5.41 Å². The summed E-state index contributed by atoms with van der Waals surface area (Å²) < 4.78 is 35.9. The molecule has 7 heteroatoms. The maximum atomic E-state index is 13.1. The van der Waals surface area contributed by atoms with Crippen molar-refractivity contribution < 1.29 is 27.5 Å². The molecule has 1 aromatic rings. The van der Waals surface area contributed by atoms with Crippen LogP contribution in [0.2, 0.25) is 0 Å². The van der Waals surface area contributed by atoms with E-state index in [1.54, 1.807) is 32.0 Å². The second-order valence-electron chi connectivity index (χ2n) is 6.19. The van der Waals surface area contributed by atoms with E-state index in [1.165, 1.54) is 26.4 Å². The molecule has 0 saturated heterocycles. The van der Waals surface area contributed by atoms with Gasteiger partial charge in [-0.15, -0.1) is 0 Å². The van der Waals surface area contributed by atoms with Gasteiger partial charge in [0, 0.05) is 0 Å². The average molecular weight is 366 g/mol. The zero-order valence-electron chi connectivity index (χ0n) is 14.7. The van der Waals surface area contributed by atoms with Crippen molar-refractivity contribution in [2.45, 2.75) is 36.8 Å². The highest BCUT2D eigenvalue weighted by molar-refractivity contribution is 7.92. The van der Waals surface area contributed by atoms with Crippen LogP contribution in [0.3, 0.4) is 0 Å². The fourth-order valence-electron chi connectivity index (χ4n) is 3.59. The lowest BCUT2D eigenvalue weighted by molar-refractivity contribution is -0.165. The zero-order valence-corrected chi connectivity index (χ0v) is 15.6. The van der Waals surface area contributed by atoms with E-state index in [1.807, 2.05) is 0 Å². The molecule has 0 N–H and O–H groups in total. The number of carbonyl (C=O) groups excluding carboxylic acids is 2. The monoisotopic (exact) mass is 366 g/mol. The molecule has 1 fully saturated rings. The Hall–Kier alpha value is -2.15. The summed E-state index contributed by atoms with van der Waals surface area (Å²) in [6, 6.07) is 8.01. The molecule has 0 aliphatic heterocycles.